The average Bonchev–Trinajstić information content (AvgIpc) is 3.22. The van der Waals surface area contributed by atoms with Gasteiger partial charge in [0, 0.05) is 31.0 Å². The van der Waals surface area contributed by atoms with Crippen molar-refractivity contribution in [3.8, 4) is 16.2 Å². The molecule has 3 amide bonds. The number of aromatic nitrogens is 1. The van der Waals surface area contributed by atoms with Crippen molar-refractivity contribution in [2.45, 2.75) is 105 Å². The molecule has 4 rings (SSSR count). The molecule has 1 saturated heterocycles. The maximum atomic E-state index is 15.8. The van der Waals surface area contributed by atoms with Gasteiger partial charge in [-0.15, -0.1) is 11.3 Å². The number of alkyl halides is 1. The Bertz CT molecular complexity index is 1400. The fraction of sp³-hybridized carbons (Fsp3) is 0.636. The third kappa shape index (κ3) is 7.09. The molecule has 9 nitrogen and oxygen atoms in total. The molecule has 1 aliphatic carbocycles. The lowest BCUT2D eigenvalue weighted by Gasteiger charge is -2.36. The van der Waals surface area contributed by atoms with Gasteiger partial charge in [0.05, 0.1) is 22.2 Å². The molecule has 1 saturated carbocycles. The molecule has 1 aromatic carbocycles. The summed E-state index contributed by atoms with van der Waals surface area (Å²) in [5, 5.41) is 26.6. The first-order valence-electron chi connectivity index (χ1n) is 15.3. The highest BCUT2D eigenvalue weighted by Gasteiger charge is 2.63. The standard InChI is InChI=1S/C33H47FN4O5S/c1-18(2)32(7,8)13-22-14-33(22,34)30(43)37-27(31(4,5)6)29(42)38-16-23(39)12-24(38)28(41)35-15-21-10-9-20(11-25(21)40)26-19(3)36-17-44-26/h9-11,17-18,22-24,27,39-40H,12-16H2,1-8H3,(H,35,41)(H,37,43). The van der Waals surface area contributed by atoms with Gasteiger partial charge in [-0.3, -0.25) is 14.4 Å². The summed E-state index contributed by atoms with van der Waals surface area (Å²) < 4.78 is 15.8. The summed E-state index contributed by atoms with van der Waals surface area (Å²) in [6.07, 6.45) is -0.227. The Labute approximate surface area is 263 Å². The summed E-state index contributed by atoms with van der Waals surface area (Å²) in [4.78, 5) is 46.9. The van der Waals surface area contributed by atoms with E-state index in [1.54, 1.807) is 38.4 Å². The van der Waals surface area contributed by atoms with E-state index in [0.29, 0.717) is 17.9 Å². The Hall–Kier alpha value is -3.05. The molecule has 2 aromatic rings. The Balaban J connectivity index is 1.43. The molecule has 2 aliphatic rings. The Kier molecular flexibility index (Phi) is 9.53. The number of nitrogens with one attached hydrogen (secondary N) is 2. The van der Waals surface area contributed by atoms with E-state index in [1.807, 2.05) is 13.0 Å². The quantitative estimate of drug-likeness (QED) is 0.300. The molecule has 44 heavy (non-hydrogen) atoms. The van der Waals surface area contributed by atoms with Crippen molar-refractivity contribution in [1.29, 1.82) is 0 Å². The lowest BCUT2D eigenvalue weighted by atomic mass is 9.76. The third-order valence-electron chi connectivity index (χ3n) is 9.54. The number of carbonyl (C=O) groups is 3. The predicted octanol–water partition coefficient (Wildman–Crippen LogP) is 4.73. The molecule has 0 spiro atoms. The van der Waals surface area contributed by atoms with E-state index < -0.39 is 52.9 Å². The van der Waals surface area contributed by atoms with E-state index in [4.69, 9.17) is 0 Å². The van der Waals surface area contributed by atoms with E-state index in [-0.39, 0.29) is 37.1 Å². The number of rotatable bonds is 10. The highest BCUT2D eigenvalue weighted by Crippen LogP contribution is 2.54. The van der Waals surface area contributed by atoms with Crippen molar-refractivity contribution in [2.75, 3.05) is 6.54 Å². The summed E-state index contributed by atoms with van der Waals surface area (Å²) in [7, 11) is 0. The van der Waals surface area contributed by atoms with Gasteiger partial charge in [-0.1, -0.05) is 60.6 Å². The van der Waals surface area contributed by atoms with E-state index in [2.05, 4.69) is 43.3 Å². The van der Waals surface area contributed by atoms with Gasteiger partial charge in [-0.2, -0.15) is 0 Å². The Morgan fingerprint density at radius 1 is 1.20 bits per heavy atom. The minimum absolute atomic E-state index is 0.0131. The zero-order valence-electron chi connectivity index (χ0n) is 27.0. The van der Waals surface area contributed by atoms with E-state index >= 15 is 4.39 Å². The van der Waals surface area contributed by atoms with E-state index in [1.165, 1.54) is 16.2 Å². The van der Waals surface area contributed by atoms with Crippen molar-refractivity contribution >= 4 is 29.1 Å². The smallest absolute Gasteiger partial charge is 0.258 e. The first-order valence-corrected chi connectivity index (χ1v) is 16.2. The molecule has 11 heteroatoms. The summed E-state index contributed by atoms with van der Waals surface area (Å²) in [5.74, 6) is -1.92. The van der Waals surface area contributed by atoms with Gasteiger partial charge in [-0.25, -0.2) is 9.37 Å². The number of aliphatic hydroxyl groups excluding tert-OH is 1. The Morgan fingerprint density at radius 3 is 2.45 bits per heavy atom. The van der Waals surface area contributed by atoms with Crippen LogP contribution in [0.15, 0.2) is 23.7 Å². The van der Waals surface area contributed by atoms with Gasteiger partial charge in [-0.05, 0) is 48.1 Å². The van der Waals surface area contributed by atoms with Crippen LogP contribution in [0.2, 0.25) is 0 Å². The van der Waals surface area contributed by atoms with Gasteiger partial charge >= 0.3 is 0 Å². The molecular formula is C33H47FN4O5S. The van der Waals surface area contributed by atoms with E-state index in [0.717, 1.165) is 16.1 Å². The van der Waals surface area contributed by atoms with Crippen LogP contribution in [0.3, 0.4) is 0 Å². The van der Waals surface area contributed by atoms with Crippen LogP contribution in [0, 0.1) is 29.6 Å². The molecule has 0 radical (unpaired) electrons. The molecule has 242 valence electrons. The number of aromatic hydroxyl groups is 1. The zero-order chi connectivity index (χ0) is 32.8. The number of nitrogens with zero attached hydrogens (tertiary/aromatic N) is 2. The second kappa shape index (κ2) is 12.4. The molecule has 5 unspecified atom stereocenters. The molecule has 2 heterocycles. The van der Waals surface area contributed by atoms with Crippen LogP contribution in [-0.2, 0) is 20.9 Å². The largest absolute Gasteiger partial charge is 0.508 e. The van der Waals surface area contributed by atoms with Gasteiger partial charge < -0.3 is 25.7 Å². The van der Waals surface area contributed by atoms with Crippen molar-refractivity contribution in [3.05, 3.63) is 35.0 Å². The van der Waals surface area contributed by atoms with Crippen LogP contribution in [0.4, 0.5) is 4.39 Å². The number of hydrogen-bond donors (Lipinski definition) is 4. The first kappa shape index (κ1) is 33.8. The number of thiazole rings is 1. The van der Waals surface area contributed by atoms with Crippen molar-refractivity contribution in [1.82, 2.24) is 20.5 Å². The van der Waals surface area contributed by atoms with Crippen LogP contribution in [0.5, 0.6) is 5.75 Å². The third-order valence-corrected chi connectivity index (χ3v) is 10.5. The van der Waals surface area contributed by atoms with Crippen LogP contribution < -0.4 is 10.6 Å². The average molecular weight is 631 g/mol. The minimum atomic E-state index is -2.03. The predicted molar refractivity (Wildman–Crippen MR) is 168 cm³/mol. The highest BCUT2D eigenvalue weighted by molar-refractivity contribution is 7.13. The normalized spacial score (nSPS) is 24.3. The van der Waals surface area contributed by atoms with Gasteiger partial charge in [0.1, 0.15) is 17.8 Å². The molecular weight excluding hydrogens is 583 g/mol. The summed E-state index contributed by atoms with van der Waals surface area (Å²) in [6.45, 7) is 15.4. The van der Waals surface area contributed by atoms with Crippen LogP contribution in [0.25, 0.3) is 10.4 Å². The summed E-state index contributed by atoms with van der Waals surface area (Å²) in [6, 6.07) is 3.11. The van der Waals surface area contributed by atoms with Crippen LogP contribution >= 0.6 is 11.3 Å². The van der Waals surface area contributed by atoms with Crippen molar-refractivity contribution < 1.29 is 29.0 Å². The maximum absolute atomic E-state index is 15.8. The zero-order valence-corrected chi connectivity index (χ0v) is 27.8. The minimum Gasteiger partial charge on any atom is -0.508 e. The van der Waals surface area contributed by atoms with Crippen LogP contribution in [-0.4, -0.2) is 68.2 Å². The maximum Gasteiger partial charge on any atom is 0.258 e. The molecule has 1 aliphatic heterocycles. The fourth-order valence-electron chi connectivity index (χ4n) is 5.79. The number of benzene rings is 1. The fourth-order valence-corrected chi connectivity index (χ4v) is 6.59. The highest BCUT2D eigenvalue weighted by atomic mass is 32.1. The lowest BCUT2D eigenvalue weighted by Crippen LogP contribution is -2.59. The van der Waals surface area contributed by atoms with Gasteiger partial charge in [0.25, 0.3) is 5.91 Å². The molecule has 0 bridgehead atoms. The number of carbonyl (C=O) groups excluding carboxylic acids is 3. The van der Waals surface area contributed by atoms with Crippen LogP contribution in [0.1, 0.15) is 79.0 Å². The number of halogens is 1. The molecule has 5 atom stereocenters. The lowest BCUT2D eigenvalue weighted by molar-refractivity contribution is -0.145. The number of phenols is 1. The first-order chi connectivity index (χ1) is 20.3. The number of aliphatic hydroxyl groups is 1. The number of likely N-dealkylation sites (tertiary alicyclic amines) is 1. The molecule has 4 N–H and O–H groups in total. The number of β-amino-alcohol motifs (C(OH)–C–C–N with tert-alkyl or cyclic N) is 1. The number of amides is 3. The van der Waals surface area contributed by atoms with E-state index in [9.17, 15) is 24.6 Å². The van der Waals surface area contributed by atoms with Crippen molar-refractivity contribution in [2.24, 2.45) is 22.7 Å². The van der Waals surface area contributed by atoms with Gasteiger partial charge in [0.2, 0.25) is 11.8 Å². The second-order valence-electron chi connectivity index (χ2n) is 14.6. The molecule has 1 aromatic heterocycles. The second-order valence-corrected chi connectivity index (χ2v) is 15.5. The summed E-state index contributed by atoms with van der Waals surface area (Å²) >= 11 is 1.47. The van der Waals surface area contributed by atoms with Crippen molar-refractivity contribution in [3.63, 3.8) is 0 Å². The number of aryl methyl sites for hydroxylation is 1. The summed E-state index contributed by atoms with van der Waals surface area (Å²) in [5.41, 5.74) is 0.952. The molecule has 2 fully saturated rings. The topological polar surface area (TPSA) is 132 Å². The SMILES string of the molecule is Cc1ncsc1-c1ccc(CNC(=O)C2CC(O)CN2C(=O)C(NC(=O)C2(F)CC2CC(C)(C)C(C)C)C(C)(C)C)c(O)c1. The monoisotopic (exact) mass is 630 g/mol. The number of hydrogen-bond acceptors (Lipinski definition) is 7. The Morgan fingerprint density at radius 2 is 1.89 bits per heavy atom. The number of phenolic OH excluding ortho intramolecular Hbond substituents is 1. The van der Waals surface area contributed by atoms with Gasteiger partial charge in [0.15, 0.2) is 5.67 Å².